The van der Waals surface area contributed by atoms with Crippen molar-refractivity contribution in [1.82, 2.24) is 14.7 Å². The highest BCUT2D eigenvalue weighted by molar-refractivity contribution is 8.00. The Kier molecular flexibility index (Phi) is 11.2. The third-order valence-electron chi connectivity index (χ3n) is 5.64. The summed E-state index contributed by atoms with van der Waals surface area (Å²) >= 11 is 3.99. The van der Waals surface area contributed by atoms with Gasteiger partial charge in [0.15, 0.2) is 0 Å². The van der Waals surface area contributed by atoms with Crippen molar-refractivity contribution in [3.05, 3.63) is 95.7 Å². The molecular formula is C30H30N6O3S3. The number of hydrogen-bond donors (Lipinski definition) is 3. The van der Waals surface area contributed by atoms with Gasteiger partial charge in [0, 0.05) is 47.5 Å². The second-order valence-electron chi connectivity index (χ2n) is 9.00. The van der Waals surface area contributed by atoms with Crippen LogP contribution in [0.5, 0.6) is 0 Å². The molecule has 216 valence electrons. The maximum atomic E-state index is 13.4. The van der Waals surface area contributed by atoms with Crippen LogP contribution in [0.4, 0.5) is 16.5 Å². The molecule has 0 atom stereocenters. The summed E-state index contributed by atoms with van der Waals surface area (Å²) in [6, 6.07) is 23.5. The van der Waals surface area contributed by atoms with Crippen LogP contribution in [0, 0.1) is 0 Å². The maximum Gasteiger partial charge on any atom is 0.272 e. The van der Waals surface area contributed by atoms with Crippen LogP contribution in [0.3, 0.4) is 0 Å². The molecule has 3 N–H and O–H groups in total. The van der Waals surface area contributed by atoms with Crippen molar-refractivity contribution in [3.63, 3.8) is 0 Å². The fourth-order valence-corrected chi connectivity index (χ4v) is 5.63. The first-order valence-corrected chi connectivity index (χ1v) is 15.7. The summed E-state index contributed by atoms with van der Waals surface area (Å²) in [5.74, 6) is -0.0595. The maximum absolute atomic E-state index is 13.4. The zero-order valence-corrected chi connectivity index (χ0v) is 25.7. The van der Waals surface area contributed by atoms with Crippen LogP contribution in [0.15, 0.2) is 94.6 Å². The van der Waals surface area contributed by atoms with Crippen molar-refractivity contribution in [1.29, 1.82) is 0 Å². The SMILES string of the molecule is CCSc1nsc(NC(=O)CSc2cccc(NC(=O)/C(=C\c3ccc(N(C)C)cc3)NC(=O)c3ccccc3)c2)n1. The average Bonchev–Trinajstić information content (AvgIpc) is 3.43. The average molecular weight is 619 g/mol. The molecule has 4 rings (SSSR count). The van der Waals surface area contributed by atoms with Crippen molar-refractivity contribution in [2.24, 2.45) is 0 Å². The van der Waals surface area contributed by atoms with Crippen molar-refractivity contribution < 1.29 is 14.4 Å². The number of hydrogen-bond acceptors (Lipinski definition) is 9. The van der Waals surface area contributed by atoms with Crippen LogP contribution < -0.4 is 20.9 Å². The second-order valence-corrected chi connectivity index (χ2v) is 12.0. The first kappa shape index (κ1) is 30.8. The molecule has 0 bridgehead atoms. The Bertz CT molecular complexity index is 1560. The fourth-order valence-electron chi connectivity index (χ4n) is 3.59. The van der Waals surface area contributed by atoms with E-state index in [-0.39, 0.29) is 17.4 Å². The van der Waals surface area contributed by atoms with Gasteiger partial charge in [0.1, 0.15) is 5.70 Å². The molecule has 1 heterocycles. The molecule has 0 fully saturated rings. The monoisotopic (exact) mass is 618 g/mol. The molecule has 0 aliphatic rings. The first-order valence-electron chi connectivity index (χ1n) is 13.0. The second kappa shape index (κ2) is 15.2. The van der Waals surface area contributed by atoms with Crippen LogP contribution in [0.1, 0.15) is 22.8 Å². The number of amides is 3. The van der Waals surface area contributed by atoms with Gasteiger partial charge in [-0.1, -0.05) is 55.1 Å². The summed E-state index contributed by atoms with van der Waals surface area (Å²) in [5, 5.41) is 9.50. The molecule has 0 spiro atoms. The molecule has 3 aromatic carbocycles. The summed E-state index contributed by atoms with van der Waals surface area (Å²) in [6.07, 6.45) is 1.64. The van der Waals surface area contributed by atoms with E-state index >= 15 is 0 Å². The van der Waals surface area contributed by atoms with E-state index in [0.717, 1.165) is 33.4 Å². The molecule has 42 heavy (non-hydrogen) atoms. The lowest BCUT2D eigenvalue weighted by Gasteiger charge is -2.14. The van der Waals surface area contributed by atoms with E-state index in [1.54, 1.807) is 48.5 Å². The Morgan fingerprint density at radius 3 is 2.40 bits per heavy atom. The lowest BCUT2D eigenvalue weighted by atomic mass is 10.1. The minimum absolute atomic E-state index is 0.0940. The third-order valence-corrected chi connectivity index (χ3v) is 8.11. The van der Waals surface area contributed by atoms with Gasteiger partial charge in [-0.2, -0.15) is 9.36 Å². The number of nitrogens with one attached hydrogen (secondary N) is 3. The number of carbonyl (C=O) groups excluding carboxylic acids is 3. The van der Waals surface area contributed by atoms with E-state index in [2.05, 4.69) is 25.3 Å². The number of benzene rings is 3. The highest BCUT2D eigenvalue weighted by atomic mass is 32.2. The fraction of sp³-hybridized carbons (Fsp3) is 0.167. The molecule has 0 unspecified atom stereocenters. The van der Waals surface area contributed by atoms with E-state index < -0.39 is 11.8 Å². The van der Waals surface area contributed by atoms with E-state index in [9.17, 15) is 14.4 Å². The standard InChI is InChI=1S/C30H30N6O3S3/c1-4-40-30-34-29(42-35-30)33-26(37)19-41-24-12-8-11-22(18-24)31-28(39)25(32-27(38)21-9-6-5-7-10-21)17-20-13-15-23(16-14-20)36(2)3/h5-18H,4,19H2,1-3H3,(H,31,39)(H,32,38)(H,33,34,35,37)/b25-17+. The molecule has 1 aromatic heterocycles. The minimum atomic E-state index is -0.479. The number of anilines is 3. The zero-order chi connectivity index (χ0) is 29.9. The van der Waals surface area contributed by atoms with E-state index in [1.165, 1.54) is 23.5 Å². The van der Waals surface area contributed by atoms with Gasteiger partial charge in [-0.25, -0.2) is 0 Å². The van der Waals surface area contributed by atoms with Gasteiger partial charge in [0.05, 0.1) is 5.75 Å². The number of carbonyl (C=O) groups is 3. The first-order chi connectivity index (χ1) is 20.3. The molecule has 0 aliphatic carbocycles. The van der Waals surface area contributed by atoms with Crippen LogP contribution in [-0.4, -0.2) is 52.7 Å². The zero-order valence-electron chi connectivity index (χ0n) is 23.3. The highest BCUT2D eigenvalue weighted by Crippen LogP contribution is 2.24. The quantitative estimate of drug-likeness (QED) is 0.134. The molecule has 0 radical (unpaired) electrons. The Morgan fingerprint density at radius 1 is 0.929 bits per heavy atom. The van der Waals surface area contributed by atoms with Crippen molar-refractivity contribution >= 4 is 75.4 Å². The van der Waals surface area contributed by atoms with Crippen molar-refractivity contribution in [2.45, 2.75) is 17.0 Å². The summed E-state index contributed by atoms with van der Waals surface area (Å²) < 4.78 is 4.20. The van der Waals surface area contributed by atoms with Crippen LogP contribution >= 0.6 is 35.1 Å². The molecule has 12 heteroatoms. The summed E-state index contributed by atoms with van der Waals surface area (Å²) in [5.41, 5.74) is 2.82. The summed E-state index contributed by atoms with van der Waals surface area (Å²) in [6.45, 7) is 2.01. The Balaban J connectivity index is 1.44. The van der Waals surface area contributed by atoms with Gasteiger partial charge >= 0.3 is 0 Å². The van der Waals surface area contributed by atoms with Crippen molar-refractivity contribution in [3.8, 4) is 0 Å². The predicted octanol–water partition coefficient (Wildman–Crippen LogP) is 5.86. The smallest absolute Gasteiger partial charge is 0.272 e. The summed E-state index contributed by atoms with van der Waals surface area (Å²) in [7, 11) is 3.90. The minimum Gasteiger partial charge on any atom is -0.378 e. The van der Waals surface area contributed by atoms with E-state index in [0.29, 0.717) is 21.5 Å². The Labute approximate surface area is 257 Å². The highest BCUT2D eigenvalue weighted by Gasteiger charge is 2.16. The molecule has 3 amide bonds. The van der Waals surface area contributed by atoms with Crippen LogP contribution in [-0.2, 0) is 9.59 Å². The third kappa shape index (κ3) is 9.20. The largest absolute Gasteiger partial charge is 0.378 e. The molecular weight excluding hydrogens is 589 g/mol. The van der Waals surface area contributed by atoms with Crippen molar-refractivity contribution in [2.75, 3.05) is 41.1 Å². The topological polar surface area (TPSA) is 116 Å². The van der Waals surface area contributed by atoms with Gasteiger partial charge in [-0.05, 0) is 59.9 Å². The lowest BCUT2D eigenvalue weighted by Crippen LogP contribution is -2.30. The van der Waals surface area contributed by atoms with E-state index in [4.69, 9.17) is 0 Å². The van der Waals surface area contributed by atoms with Crippen LogP contribution in [0.25, 0.3) is 6.08 Å². The molecule has 0 saturated carbocycles. The molecule has 0 saturated heterocycles. The van der Waals surface area contributed by atoms with E-state index in [1.807, 2.05) is 62.3 Å². The number of thioether (sulfide) groups is 2. The summed E-state index contributed by atoms with van der Waals surface area (Å²) in [4.78, 5) is 45.8. The Hall–Kier alpha value is -4.13. The predicted molar refractivity (Wildman–Crippen MR) is 173 cm³/mol. The normalized spacial score (nSPS) is 11.1. The van der Waals surface area contributed by atoms with Gasteiger partial charge in [-0.3, -0.25) is 19.7 Å². The van der Waals surface area contributed by atoms with Gasteiger partial charge in [0.25, 0.3) is 11.8 Å². The Morgan fingerprint density at radius 2 is 1.69 bits per heavy atom. The van der Waals surface area contributed by atoms with Gasteiger partial charge < -0.3 is 15.5 Å². The number of rotatable bonds is 12. The lowest BCUT2D eigenvalue weighted by molar-refractivity contribution is -0.114. The van der Waals surface area contributed by atoms with Gasteiger partial charge in [-0.15, -0.1) is 11.8 Å². The number of aromatic nitrogens is 2. The molecule has 0 aliphatic heterocycles. The molecule has 9 nitrogen and oxygen atoms in total. The van der Waals surface area contributed by atoms with Gasteiger partial charge in [0.2, 0.25) is 16.2 Å². The van der Waals surface area contributed by atoms with Crippen LogP contribution in [0.2, 0.25) is 0 Å². The number of nitrogens with zero attached hydrogens (tertiary/aromatic N) is 3. The molecule has 4 aromatic rings.